The first kappa shape index (κ1) is 23.8. The molecule has 4 rings (SSSR count). The van der Waals surface area contributed by atoms with Gasteiger partial charge in [0.15, 0.2) is 0 Å². The number of halogens is 2. The van der Waals surface area contributed by atoms with Crippen LogP contribution in [0.25, 0.3) is 27.7 Å². The van der Waals surface area contributed by atoms with Gasteiger partial charge >= 0.3 is 5.97 Å². The zero-order valence-corrected chi connectivity index (χ0v) is 20.1. The number of hydrogen-bond donors (Lipinski definition) is 2. The number of methoxy groups -OCH3 is 1. The standard InChI is InChI=1S/C27H25ClFNO4/c1-15-11-16(26(32)33)5-10-20(15)23-24-21(12-17(28)13-22(24)31)30(19-8-6-18(29)7-9-19)25(23)27(2,3)14-34-4/h5-13,31H,14H2,1-4H3,(H,32,33). The van der Waals surface area contributed by atoms with Crippen LogP contribution in [0, 0.1) is 12.7 Å². The van der Waals surface area contributed by atoms with Crippen LogP contribution in [0.3, 0.4) is 0 Å². The van der Waals surface area contributed by atoms with Gasteiger partial charge in [-0.15, -0.1) is 0 Å². The van der Waals surface area contributed by atoms with Gasteiger partial charge in [0.05, 0.1) is 23.1 Å². The maximum absolute atomic E-state index is 13.8. The number of fused-ring (bicyclic) bond motifs is 1. The number of aromatic carboxylic acids is 1. The molecule has 0 aliphatic rings. The van der Waals surface area contributed by atoms with E-state index >= 15 is 0 Å². The van der Waals surface area contributed by atoms with Crippen molar-refractivity contribution in [3.63, 3.8) is 0 Å². The third-order valence-corrected chi connectivity index (χ3v) is 6.20. The number of carboxylic acid groups (broad SMARTS) is 1. The Kier molecular flexibility index (Phi) is 6.14. The minimum atomic E-state index is -1.02. The van der Waals surface area contributed by atoms with Crippen LogP contribution in [-0.4, -0.2) is 34.5 Å². The van der Waals surface area contributed by atoms with Crippen LogP contribution in [0.2, 0.25) is 5.02 Å². The zero-order valence-electron chi connectivity index (χ0n) is 19.3. The Bertz CT molecular complexity index is 1410. The number of benzene rings is 3. The van der Waals surface area contributed by atoms with E-state index in [2.05, 4.69) is 0 Å². The maximum atomic E-state index is 13.8. The van der Waals surface area contributed by atoms with Crippen molar-refractivity contribution in [2.24, 2.45) is 0 Å². The fourth-order valence-electron chi connectivity index (χ4n) is 4.63. The van der Waals surface area contributed by atoms with E-state index < -0.39 is 11.4 Å². The van der Waals surface area contributed by atoms with E-state index in [1.165, 1.54) is 18.2 Å². The summed E-state index contributed by atoms with van der Waals surface area (Å²) in [6.07, 6.45) is 0. The molecule has 1 heterocycles. The molecule has 0 atom stereocenters. The van der Waals surface area contributed by atoms with Crippen molar-refractivity contribution < 1.29 is 24.1 Å². The Morgan fingerprint density at radius 3 is 2.38 bits per heavy atom. The molecule has 0 unspecified atom stereocenters. The molecular weight excluding hydrogens is 457 g/mol. The van der Waals surface area contributed by atoms with E-state index in [9.17, 15) is 19.4 Å². The first-order chi connectivity index (χ1) is 16.0. The Labute approximate surface area is 202 Å². The van der Waals surface area contributed by atoms with Gasteiger partial charge in [-0.2, -0.15) is 0 Å². The van der Waals surface area contributed by atoms with Crippen LogP contribution in [-0.2, 0) is 10.2 Å². The molecule has 0 saturated heterocycles. The smallest absolute Gasteiger partial charge is 0.335 e. The lowest BCUT2D eigenvalue weighted by atomic mass is 9.83. The first-order valence-corrected chi connectivity index (χ1v) is 11.1. The van der Waals surface area contributed by atoms with E-state index in [1.807, 2.05) is 25.3 Å². The molecule has 34 heavy (non-hydrogen) atoms. The second-order valence-corrected chi connectivity index (χ2v) is 9.44. The summed E-state index contributed by atoms with van der Waals surface area (Å²) >= 11 is 6.36. The SMILES string of the molecule is COCC(C)(C)c1c(-c2ccc(C(=O)O)cc2C)c2c(O)cc(Cl)cc2n1-c1ccc(F)cc1. The van der Waals surface area contributed by atoms with Crippen LogP contribution in [0.15, 0.2) is 54.6 Å². The predicted octanol–water partition coefficient (Wildman–Crippen LogP) is 6.73. The molecule has 0 saturated carbocycles. The summed E-state index contributed by atoms with van der Waals surface area (Å²) in [5, 5.41) is 21.4. The second kappa shape index (κ2) is 8.78. The number of aromatic nitrogens is 1. The number of ether oxygens (including phenoxy) is 1. The molecule has 4 aromatic rings. The van der Waals surface area contributed by atoms with Gasteiger partial charge in [-0.3, -0.25) is 0 Å². The quantitative estimate of drug-likeness (QED) is 0.320. The monoisotopic (exact) mass is 481 g/mol. The van der Waals surface area contributed by atoms with Crippen molar-refractivity contribution in [3.05, 3.63) is 82.3 Å². The van der Waals surface area contributed by atoms with Crippen LogP contribution < -0.4 is 0 Å². The Hall–Kier alpha value is -3.35. The molecule has 3 aromatic carbocycles. The topological polar surface area (TPSA) is 71.7 Å². The molecule has 0 aliphatic heterocycles. The van der Waals surface area contributed by atoms with Crippen LogP contribution in [0.5, 0.6) is 5.75 Å². The molecule has 5 nitrogen and oxygen atoms in total. The molecule has 0 bridgehead atoms. The molecule has 1 aromatic heterocycles. The average molecular weight is 482 g/mol. The predicted molar refractivity (Wildman–Crippen MR) is 132 cm³/mol. The maximum Gasteiger partial charge on any atom is 0.335 e. The molecule has 0 amide bonds. The van der Waals surface area contributed by atoms with Crippen LogP contribution in [0.1, 0.15) is 35.5 Å². The molecule has 0 aliphatic carbocycles. The fourth-order valence-corrected chi connectivity index (χ4v) is 4.84. The van der Waals surface area contributed by atoms with E-state index in [0.29, 0.717) is 28.2 Å². The highest BCUT2D eigenvalue weighted by molar-refractivity contribution is 6.31. The highest BCUT2D eigenvalue weighted by atomic mass is 35.5. The summed E-state index contributed by atoms with van der Waals surface area (Å²) < 4.78 is 21.3. The molecule has 0 radical (unpaired) electrons. The van der Waals surface area contributed by atoms with E-state index in [-0.39, 0.29) is 17.1 Å². The van der Waals surface area contributed by atoms with Gasteiger partial charge in [-0.25, -0.2) is 9.18 Å². The van der Waals surface area contributed by atoms with E-state index in [0.717, 1.165) is 22.4 Å². The molecule has 7 heteroatoms. The first-order valence-electron chi connectivity index (χ1n) is 10.7. The number of nitrogens with zero attached hydrogens (tertiary/aromatic N) is 1. The van der Waals surface area contributed by atoms with E-state index in [4.69, 9.17) is 16.3 Å². The lowest BCUT2D eigenvalue weighted by Crippen LogP contribution is -2.27. The second-order valence-electron chi connectivity index (χ2n) is 9.01. The number of aryl methyl sites for hydroxylation is 1. The van der Waals surface area contributed by atoms with Crippen LogP contribution in [0.4, 0.5) is 4.39 Å². The Morgan fingerprint density at radius 2 is 1.79 bits per heavy atom. The number of aromatic hydroxyl groups is 1. The molecule has 176 valence electrons. The highest BCUT2D eigenvalue weighted by Gasteiger charge is 2.33. The van der Waals surface area contributed by atoms with E-state index in [1.54, 1.807) is 43.5 Å². The summed E-state index contributed by atoms with van der Waals surface area (Å²) in [5.41, 5.74) is 4.02. The number of carbonyl (C=O) groups is 1. The van der Waals surface area contributed by atoms with Crippen molar-refractivity contribution in [1.82, 2.24) is 4.57 Å². The highest BCUT2D eigenvalue weighted by Crippen LogP contribution is 2.47. The largest absolute Gasteiger partial charge is 0.507 e. The van der Waals surface area contributed by atoms with Crippen molar-refractivity contribution in [3.8, 4) is 22.6 Å². The normalized spacial score (nSPS) is 11.8. The lowest BCUT2D eigenvalue weighted by molar-refractivity contribution is 0.0696. The van der Waals surface area contributed by atoms with Gasteiger partial charge in [0.25, 0.3) is 0 Å². The summed E-state index contributed by atoms with van der Waals surface area (Å²) in [6, 6.07) is 14.3. The third-order valence-electron chi connectivity index (χ3n) is 5.99. The number of carboxylic acids is 1. The summed E-state index contributed by atoms with van der Waals surface area (Å²) in [6.45, 7) is 6.24. The number of phenols is 1. The average Bonchev–Trinajstić information content (AvgIpc) is 3.10. The lowest BCUT2D eigenvalue weighted by Gasteiger charge is -2.28. The third kappa shape index (κ3) is 4.04. The number of phenolic OH excluding ortho intramolecular Hbond substituents is 1. The minimum absolute atomic E-state index is 0.00506. The Balaban J connectivity index is 2.22. The van der Waals surface area contributed by atoms with Gasteiger partial charge < -0.3 is 19.5 Å². The zero-order chi connectivity index (χ0) is 24.8. The summed E-state index contributed by atoms with van der Waals surface area (Å²) in [7, 11) is 1.62. The van der Waals surface area contributed by atoms with Gasteiger partial charge in [-0.05, 0) is 66.6 Å². The van der Waals surface area contributed by atoms with Crippen molar-refractivity contribution in [2.45, 2.75) is 26.2 Å². The Morgan fingerprint density at radius 1 is 1.12 bits per heavy atom. The molecule has 0 spiro atoms. The van der Waals surface area contributed by atoms with Gasteiger partial charge in [-0.1, -0.05) is 31.5 Å². The molecule has 0 fully saturated rings. The summed E-state index contributed by atoms with van der Waals surface area (Å²) in [4.78, 5) is 11.5. The van der Waals surface area contributed by atoms with Gasteiger partial charge in [0.2, 0.25) is 0 Å². The van der Waals surface area contributed by atoms with Gasteiger partial charge in [0, 0.05) is 34.5 Å². The number of hydrogen-bond acceptors (Lipinski definition) is 3. The fraction of sp³-hybridized carbons (Fsp3) is 0.222. The molecule has 2 N–H and O–H groups in total. The number of rotatable bonds is 6. The van der Waals surface area contributed by atoms with Gasteiger partial charge in [0.1, 0.15) is 11.6 Å². The molecular formula is C27H25ClFNO4. The van der Waals surface area contributed by atoms with Crippen molar-refractivity contribution in [1.29, 1.82) is 0 Å². The summed E-state index contributed by atoms with van der Waals surface area (Å²) in [5.74, 6) is -1.38. The van der Waals surface area contributed by atoms with Crippen LogP contribution >= 0.6 is 11.6 Å². The minimum Gasteiger partial charge on any atom is -0.507 e. The van der Waals surface area contributed by atoms with Crippen molar-refractivity contribution in [2.75, 3.05) is 13.7 Å². The van der Waals surface area contributed by atoms with Crippen molar-refractivity contribution >= 4 is 28.5 Å².